The molecule has 0 amide bonds. The van der Waals surface area contributed by atoms with Crippen LogP contribution in [0.5, 0.6) is 0 Å². The van der Waals surface area contributed by atoms with Crippen LogP contribution in [0.4, 0.5) is 0 Å². The van der Waals surface area contributed by atoms with E-state index in [2.05, 4.69) is 10.3 Å². The standard InChI is InChI=1S/C8H11ClN4O4S/c1-4-3-16-12-7(17-4)5-6(9)11-13(2)8(5)18(10,14)15/h4H,3H2,1-2H3,(H2,10,14,15). The Bertz CT molecular complexity index is 609. The first kappa shape index (κ1) is 13.1. The number of nitrogens with two attached hydrogens (primary N) is 1. The van der Waals surface area contributed by atoms with Crippen LogP contribution in [0, 0.1) is 0 Å². The third kappa shape index (κ3) is 2.28. The van der Waals surface area contributed by atoms with Crippen molar-refractivity contribution in [3.05, 3.63) is 10.7 Å². The third-order valence-corrected chi connectivity index (χ3v) is 3.48. The zero-order valence-corrected chi connectivity index (χ0v) is 11.2. The zero-order chi connectivity index (χ0) is 13.5. The molecule has 10 heteroatoms. The van der Waals surface area contributed by atoms with E-state index < -0.39 is 10.0 Å². The summed E-state index contributed by atoms with van der Waals surface area (Å²) in [4.78, 5) is 4.91. The molecule has 0 radical (unpaired) electrons. The van der Waals surface area contributed by atoms with Gasteiger partial charge in [-0.25, -0.2) is 13.6 Å². The quantitative estimate of drug-likeness (QED) is 0.813. The molecule has 1 aromatic rings. The second-order valence-electron chi connectivity index (χ2n) is 3.76. The van der Waals surface area contributed by atoms with Gasteiger partial charge in [0.15, 0.2) is 16.8 Å². The summed E-state index contributed by atoms with van der Waals surface area (Å²) in [5, 5.41) is 12.2. The van der Waals surface area contributed by atoms with Crippen LogP contribution < -0.4 is 5.14 Å². The molecule has 18 heavy (non-hydrogen) atoms. The summed E-state index contributed by atoms with van der Waals surface area (Å²) < 4.78 is 29.5. The molecule has 1 aromatic heterocycles. The van der Waals surface area contributed by atoms with Gasteiger partial charge in [0.05, 0.1) is 0 Å². The summed E-state index contributed by atoms with van der Waals surface area (Å²) >= 11 is 5.87. The lowest BCUT2D eigenvalue weighted by Crippen LogP contribution is -2.27. The Balaban J connectivity index is 2.61. The molecule has 2 heterocycles. The van der Waals surface area contributed by atoms with Gasteiger partial charge in [0.25, 0.3) is 15.9 Å². The average molecular weight is 295 g/mol. The molecule has 2 N–H and O–H groups in total. The summed E-state index contributed by atoms with van der Waals surface area (Å²) in [6, 6.07) is 0. The van der Waals surface area contributed by atoms with Crippen molar-refractivity contribution in [1.29, 1.82) is 0 Å². The minimum absolute atomic E-state index is 0.00761. The Hall–Kier alpha value is -1.32. The van der Waals surface area contributed by atoms with E-state index in [1.807, 2.05) is 0 Å². The summed E-state index contributed by atoms with van der Waals surface area (Å²) in [5.41, 5.74) is 0.00761. The number of sulfonamides is 1. The Morgan fingerprint density at radius 3 is 2.78 bits per heavy atom. The summed E-state index contributed by atoms with van der Waals surface area (Å²) in [6.45, 7) is 2.02. The van der Waals surface area contributed by atoms with Crippen LogP contribution in [0.25, 0.3) is 0 Å². The molecule has 0 saturated carbocycles. The van der Waals surface area contributed by atoms with E-state index in [0.717, 1.165) is 4.68 Å². The fraction of sp³-hybridized carbons (Fsp3) is 0.500. The molecule has 100 valence electrons. The monoisotopic (exact) mass is 294 g/mol. The van der Waals surface area contributed by atoms with Gasteiger partial charge < -0.3 is 9.57 Å². The molecule has 0 fully saturated rings. The predicted molar refractivity (Wildman–Crippen MR) is 62.6 cm³/mol. The second-order valence-corrected chi connectivity index (χ2v) is 5.59. The lowest BCUT2D eigenvalue weighted by Gasteiger charge is -2.19. The largest absolute Gasteiger partial charge is 0.468 e. The first-order valence-electron chi connectivity index (χ1n) is 4.93. The molecule has 1 atom stereocenters. The summed E-state index contributed by atoms with van der Waals surface area (Å²) in [6.07, 6.45) is -0.276. The molecule has 1 aliphatic heterocycles. The minimum atomic E-state index is -4.01. The fourth-order valence-electron chi connectivity index (χ4n) is 1.53. The molecule has 1 aliphatic rings. The van der Waals surface area contributed by atoms with Crippen LogP contribution in [-0.4, -0.2) is 36.8 Å². The lowest BCUT2D eigenvalue weighted by atomic mass is 10.3. The molecular weight excluding hydrogens is 284 g/mol. The van der Waals surface area contributed by atoms with Crippen molar-refractivity contribution in [3.8, 4) is 0 Å². The summed E-state index contributed by atoms with van der Waals surface area (Å²) in [7, 11) is -2.60. The maximum Gasteiger partial charge on any atom is 0.264 e. The maximum atomic E-state index is 11.5. The van der Waals surface area contributed by atoms with Gasteiger partial charge in [-0.3, -0.25) is 4.68 Å². The Labute approximate surface area is 108 Å². The van der Waals surface area contributed by atoms with Gasteiger partial charge in [0.2, 0.25) is 0 Å². The van der Waals surface area contributed by atoms with Gasteiger partial charge in [0, 0.05) is 7.05 Å². The number of primary sulfonamides is 1. The van der Waals surface area contributed by atoms with Gasteiger partial charge in [-0.15, -0.1) is 0 Å². The van der Waals surface area contributed by atoms with Crippen molar-refractivity contribution in [2.45, 2.75) is 18.1 Å². The van der Waals surface area contributed by atoms with E-state index in [0.29, 0.717) is 0 Å². The SMILES string of the molecule is CC1CON=C(c2c(Cl)nn(C)c2S(N)(=O)=O)O1. The van der Waals surface area contributed by atoms with Crippen LogP contribution >= 0.6 is 11.6 Å². The predicted octanol–water partition coefficient (Wildman–Crippen LogP) is -0.182. The molecule has 2 rings (SSSR count). The molecule has 0 aromatic carbocycles. The molecule has 0 aliphatic carbocycles. The Morgan fingerprint density at radius 2 is 2.22 bits per heavy atom. The first-order chi connectivity index (χ1) is 8.30. The second kappa shape index (κ2) is 4.41. The number of aromatic nitrogens is 2. The van der Waals surface area contributed by atoms with Gasteiger partial charge in [0.1, 0.15) is 11.7 Å². The van der Waals surface area contributed by atoms with Crippen molar-refractivity contribution in [2.24, 2.45) is 17.3 Å². The zero-order valence-electron chi connectivity index (χ0n) is 9.62. The smallest absolute Gasteiger partial charge is 0.264 e. The van der Waals surface area contributed by atoms with Crippen LogP contribution in [0.3, 0.4) is 0 Å². The minimum Gasteiger partial charge on any atom is -0.468 e. The van der Waals surface area contributed by atoms with E-state index in [-0.39, 0.29) is 34.4 Å². The number of halogens is 1. The molecule has 0 bridgehead atoms. The first-order valence-corrected chi connectivity index (χ1v) is 6.85. The average Bonchev–Trinajstić information content (AvgIpc) is 2.53. The number of hydrogen-bond donors (Lipinski definition) is 1. The Kier molecular flexibility index (Phi) is 3.21. The number of nitrogens with zero attached hydrogens (tertiary/aromatic N) is 3. The van der Waals surface area contributed by atoms with Crippen LogP contribution in [0.15, 0.2) is 10.2 Å². The van der Waals surface area contributed by atoms with Gasteiger partial charge in [-0.1, -0.05) is 11.6 Å². The van der Waals surface area contributed by atoms with E-state index >= 15 is 0 Å². The van der Waals surface area contributed by atoms with Crippen LogP contribution in [0.2, 0.25) is 5.15 Å². The molecule has 8 nitrogen and oxygen atoms in total. The number of rotatable bonds is 2. The molecule has 1 unspecified atom stereocenters. The van der Waals surface area contributed by atoms with Crippen molar-refractivity contribution in [1.82, 2.24) is 9.78 Å². The lowest BCUT2D eigenvalue weighted by molar-refractivity contribution is 0.0194. The highest BCUT2D eigenvalue weighted by Gasteiger charge is 2.31. The van der Waals surface area contributed by atoms with Gasteiger partial charge in [-0.05, 0) is 12.1 Å². The van der Waals surface area contributed by atoms with Gasteiger partial charge in [-0.2, -0.15) is 5.10 Å². The highest BCUT2D eigenvalue weighted by molar-refractivity contribution is 7.89. The van der Waals surface area contributed by atoms with Gasteiger partial charge >= 0.3 is 0 Å². The van der Waals surface area contributed by atoms with Crippen molar-refractivity contribution >= 4 is 27.5 Å². The summed E-state index contributed by atoms with van der Waals surface area (Å²) in [5.74, 6) is -0.0455. The van der Waals surface area contributed by atoms with Crippen molar-refractivity contribution in [3.63, 3.8) is 0 Å². The Morgan fingerprint density at radius 1 is 1.56 bits per heavy atom. The van der Waals surface area contributed by atoms with E-state index in [1.165, 1.54) is 7.05 Å². The van der Waals surface area contributed by atoms with Crippen molar-refractivity contribution in [2.75, 3.05) is 6.61 Å². The number of oxime groups is 1. The van der Waals surface area contributed by atoms with Crippen molar-refractivity contribution < 1.29 is 18.0 Å². The fourth-order valence-corrected chi connectivity index (χ4v) is 2.75. The maximum absolute atomic E-state index is 11.5. The van der Waals surface area contributed by atoms with Crippen LogP contribution in [-0.2, 0) is 26.6 Å². The van der Waals surface area contributed by atoms with E-state index in [1.54, 1.807) is 6.92 Å². The number of ether oxygens (including phenoxy) is 1. The number of hydrogen-bond acceptors (Lipinski definition) is 6. The molecule has 0 saturated heterocycles. The molecule has 0 spiro atoms. The normalized spacial score (nSPS) is 20.0. The van der Waals surface area contributed by atoms with E-state index in [4.69, 9.17) is 26.3 Å². The number of aryl methyl sites for hydroxylation is 1. The highest BCUT2D eigenvalue weighted by Crippen LogP contribution is 2.25. The highest BCUT2D eigenvalue weighted by atomic mass is 35.5. The van der Waals surface area contributed by atoms with E-state index in [9.17, 15) is 8.42 Å². The van der Waals surface area contributed by atoms with Crippen LogP contribution in [0.1, 0.15) is 12.5 Å². The third-order valence-electron chi connectivity index (χ3n) is 2.20. The molecular formula is C8H11ClN4O4S. The topological polar surface area (TPSA) is 109 Å².